The van der Waals surface area contributed by atoms with E-state index >= 15 is 0 Å². The Kier molecular flexibility index (Phi) is 4.89. The molecule has 1 heterocycles. The molecule has 0 amide bonds. The summed E-state index contributed by atoms with van der Waals surface area (Å²) in [4.78, 5) is 0.226. The summed E-state index contributed by atoms with van der Waals surface area (Å²) in [7, 11) is -3.49. The lowest BCUT2D eigenvalue weighted by Gasteiger charge is -2.22. The first kappa shape index (κ1) is 14.8. The Morgan fingerprint density at radius 3 is 2.68 bits per heavy atom. The van der Waals surface area contributed by atoms with Crippen LogP contribution >= 0.6 is 11.8 Å². The summed E-state index contributed by atoms with van der Waals surface area (Å²) >= 11 is 1.86. The Balaban J connectivity index is 2.16. The first-order valence-corrected chi connectivity index (χ1v) is 9.01. The fourth-order valence-electron chi connectivity index (χ4n) is 2.04. The van der Waals surface area contributed by atoms with Crippen LogP contribution in [-0.2, 0) is 10.0 Å². The molecule has 0 spiro atoms. The quantitative estimate of drug-likeness (QED) is 0.891. The largest absolute Gasteiger partial charge is 0.389 e. The van der Waals surface area contributed by atoms with Crippen molar-refractivity contribution >= 4 is 21.8 Å². The van der Waals surface area contributed by atoms with Crippen LogP contribution < -0.4 is 4.72 Å². The van der Waals surface area contributed by atoms with Crippen LogP contribution in [0.4, 0.5) is 0 Å². The van der Waals surface area contributed by atoms with E-state index in [2.05, 4.69) is 4.72 Å². The van der Waals surface area contributed by atoms with Crippen molar-refractivity contribution in [1.29, 1.82) is 0 Å². The molecular weight excluding hydrogens is 282 g/mol. The van der Waals surface area contributed by atoms with Gasteiger partial charge in [0.05, 0.1) is 11.0 Å². The summed E-state index contributed by atoms with van der Waals surface area (Å²) in [6, 6.07) is 6.51. The van der Waals surface area contributed by atoms with Gasteiger partial charge in [0.15, 0.2) is 0 Å². The van der Waals surface area contributed by atoms with E-state index < -0.39 is 16.1 Å². The molecule has 1 aliphatic rings. The molecule has 1 atom stereocenters. The molecule has 1 aromatic carbocycles. The summed E-state index contributed by atoms with van der Waals surface area (Å²) in [5, 5.41) is 9.52. The van der Waals surface area contributed by atoms with E-state index in [9.17, 15) is 13.5 Å². The molecule has 1 aliphatic heterocycles. The highest BCUT2D eigenvalue weighted by molar-refractivity contribution is 7.99. The van der Waals surface area contributed by atoms with Crippen LogP contribution in [0.15, 0.2) is 29.2 Å². The third-order valence-electron chi connectivity index (χ3n) is 3.19. The Morgan fingerprint density at radius 1 is 1.37 bits per heavy atom. The fourth-order valence-corrected chi connectivity index (χ4v) is 4.51. The van der Waals surface area contributed by atoms with Crippen LogP contribution in [0, 0.1) is 0 Å². The Labute approximate surface area is 118 Å². The summed E-state index contributed by atoms with van der Waals surface area (Å²) in [5.74, 6) is 2.00. The van der Waals surface area contributed by atoms with Gasteiger partial charge < -0.3 is 5.11 Å². The van der Waals surface area contributed by atoms with Crippen molar-refractivity contribution in [3.8, 4) is 0 Å². The number of hydrogen-bond acceptors (Lipinski definition) is 4. The standard InChI is InChI=1S/C13H19NO3S2/c1-10(15)11-3-2-4-13(9-11)19(16,17)14-12-5-7-18-8-6-12/h2-4,9-10,12,14-15H,5-8H2,1H3. The van der Waals surface area contributed by atoms with Crippen molar-refractivity contribution in [2.24, 2.45) is 0 Å². The Bertz CT molecular complexity index is 522. The van der Waals surface area contributed by atoms with Crippen LogP contribution in [-0.4, -0.2) is 31.1 Å². The predicted molar refractivity (Wildman–Crippen MR) is 77.7 cm³/mol. The highest BCUT2D eigenvalue weighted by Gasteiger charge is 2.22. The molecule has 1 saturated heterocycles. The number of thioether (sulfide) groups is 1. The van der Waals surface area contributed by atoms with E-state index in [0.29, 0.717) is 5.56 Å². The van der Waals surface area contributed by atoms with Crippen LogP contribution in [0.5, 0.6) is 0 Å². The fraction of sp³-hybridized carbons (Fsp3) is 0.538. The van der Waals surface area contributed by atoms with Gasteiger partial charge in [-0.25, -0.2) is 13.1 Å². The molecule has 0 saturated carbocycles. The molecule has 106 valence electrons. The molecule has 1 aromatic rings. The first-order valence-electron chi connectivity index (χ1n) is 6.37. The zero-order valence-electron chi connectivity index (χ0n) is 10.9. The smallest absolute Gasteiger partial charge is 0.240 e. The molecule has 19 heavy (non-hydrogen) atoms. The van der Waals surface area contributed by atoms with Gasteiger partial charge in [-0.15, -0.1) is 0 Å². The lowest BCUT2D eigenvalue weighted by molar-refractivity contribution is 0.199. The number of nitrogens with one attached hydrogen (secondary N) is 1. The molecule has 6 heteroatoms. The molecule has 0 aromatic heterocycles. The maximum absolute atomic E-state index is 12.3. The van der Waals surface area contributed by atoms with Gasteiger partial charge in [-0.3, -0.25) is 0 Å². The zero-order valence-corrected chi connectivity index (χ0v) is 12.5. The number of aliphatic hydroxyl groups excluding tert-OH is 1. The molecule has 0 radical (unpaired) electrons. The first-order chi connectivity index (χ1) is 8.99. The van der Waals surface area contributed by atoms with Crippen molar-refractivity contribution in [2.75, 3.05) is 11.5 Å². The number of rotatable bonds is 4. The summed E-state index contributed by atoms with van der Waals surface area (Å²) in [5.41, 5.74) is 0.613. The summed E-state index contributed by atoms with van der Waals surface area (Å²) in [6.45, 7) is 1.62. The minimum atomic E-state index is -3.49. The number of benzene rings is 1. The number of sulfonamides is 1. The van der Waals surface area contributed by atoms with Gasteiger partial charge in [0.1, 0.15) is 0 Å². The van der Waals surface area contributed by atoms with Gasteiger partial charge in [-0.2, -0.15) is 11.8 Å². The minimum Gasteiger partial charge on any atom is -0.389 e. The highest BCUT2D eigenvalue weighted by Crippen LogP contribution is 2.21. The maximum Gasteiger partial charge on any atom is 0.240 e. The van der Waals surface area contributed by atoms with Gasteiger partial charge in [0.2, 0.25) is 10.0 Å². The number of aliphatic hydroxyl groups is 1. The third kappa shape index (κ3) is 3.95. The van der Waals surface area contributed by atoms with E-state index in [0.717, 1.165) is 24.3 Å². The van der Waals surface area contributed by atoms with E-state index in [1.165, 1.54) is 6.07 Å². The molecule has 0 aliphatic carbocycles. The van der Waals surface area contributed by atoms with Gasteiger partial charge in [-0.05, 0) is 49.0 Å². The molecule has 4 nitrogen and oxygen atoms in total. The van der Waals surface area contributed by atoms with E-state index in [4.69, 9.17) is 0 Å². The van der Waals surface area contributed by atoms with E-state index in [-0.39, 0.29) is 10.9 Å². The van der Waals surface area contributed by atoms with Crippen molar-refractivity contribution in [3.05, 3.63) is 29.8 Å². The minimum absolute atomic E-state index is 0.0291. The van der Waals surface area contributed by atoms with E-state index in [1.54, 1.807) is 25.1 Å². The second kappa shape index (κ2) is 6.26. The van der Waals surface area contributed by atoms with Crippen molar-refractivity contribution in [2.45, 2.75) is 36.8 Å². The summed E-state index contributed by atoms with van der Waals surface area (Å²) < 4.78 is 27.3. The Morgan fingerprint density at radius 2 is 2.05 bits per heavy atom. The second-order valence-electron chi connectivity index (χ2n) is 4.76. The van der Waals surface area contributed by atoms with Crippen molar-refractivity contribution in [3.63, 3.8) is 0 Å². The monoisotopic (exact) mass is 301 g/mol. The van der Waals surface area contributed by atoms with Gasteiger partial charge in [0.25, 0.3) is 0 Å². The maximum atomic E-state index is 12.3. The second-order valence-corrected chi connectivity index (χ2v) is 7.70. The predicted octanol–water partition coefficient (Wildman–Crippen LogP) is 1.91. The van der Waals surface area contributed by atoms with Gasteiger partial charge in [0, 0.05) is 6.04 Å². The molecule has 1 fully saturated rings. The van der Waals surface area contributed by atoms with Crippen LogP contribution in [0.1, 0.15) is 31.4 Å². The molecule has 2 N–H and O–H groups in total. The molecule has 2 rings (SSSR count). The topological polar surface area (TPSA) is 66.4 Å². The number of hydrogen-bond donors (Lipinski definition) is 2. The van der Waals surface area contributed by atoms with Crippen LogP contribution in [0.2, 0.25) is 0 Å². The average Bonchev–Trinajstić information content (AvgIpc) is 2.39. The zero-order chi connectivity index (χ0) is 13.9. The van der Waals surface area contributed by atoms with E-state index in [1.807, 2.05) is 11.8 Å². The van der Waals surface area contributed by atoms with Crippen molar-refractivity contribution in [1.82, 2.24) is 4.72 Å². The summed E-state index contributed by atoms with van der Waals surface area (Å²) in [6.07, 6.45) is 1.08. The van der Waals surface area contributed by atoms with Crippen LogP contribution in [0.25, 0.3) is 0 Å². The molecule has 1 unspecified atom stereocenters. The average molecular weight is 301 g/mol. The lowest BCUT2D eigenvalue weighted by Crippen LogP contribution is -2.37. The SMILES string of the molecule is CC(O)c1cccc(S(=O)(=O)NC2CCSCC2)c1. The third-order valence-corrected chi connectivity index (χ3v) is 5.76. The molecule has 0 bridgehead atoms. The Hall–Kier alpha value is -0.560. The highest BCUT2D eigenvalue weighted by atomic mass is 32.2. The van der Waals surface area contributed by atoms with Crippen LogP contribution in [0.3, 0.4) is 0 Å². The lowest BCUT2D eigenvalue weighted by atomic mass is 10.1. The van der Waals surface area contributed by atoms with Crippen molar-refractivity contribution < 1.29 is 13.5 Å². The normalized spacial score (nSPS) is 19.3. The molecular formula is C13H19NO3S2. The van der Waals surface area contributed by atoms with Gasteiger partial charge in [-0.1, -0.05) is 12.1 Å². The van der Waals surface area contributed by atoms with Gasteiger partial charge >= 0.3 is 0 Å².